The molecule has 3 atom stereocenters. The molecule has 1 saturated carbocycles. The molecule has 21 heavy (non-hydrogen) atoms. The molecule has 0 radical (unpaired) electrons. The molecule has 7 heteroatoms. The zero-order valence-corrected chi connectivity index (χ0v) is 15.1. The van der Waals surface area contributed by atoms with Crippen LogP contribution in [0.1, 0.15) is 18.4 Å². The normalized spacial score (nSPS) is 28.3. The Hall–Kier alpha value is -0.500. The minimum absolute atomic E-state index is 0.0682. The molecule has 0 aromatic heterocycles. The van der Waals surface area contributed by atoms with E-state index in [9.17, 15) is 8.42 Å². The Morgan fingerprint density at radius 1 is 1.43 bits per heavy atom. The predicted molar refractivity (Wildman–Crippen MR) is 91.2 cm³/mol. The van der Waals surface area contributed by atoms with Crippen molar-refractivity contribution in [3.05, 3.63) is 34.3 Å². The number of sulfone groups is 1. The highest BCUT2D eigenvalue weighted by molar-refractivity contribution is 9.10. The summed E-state index contributed by atoms with van der Waals surface area (Å²) in [5.41, 5.74) is 6.02. The maximum Gasteiger partial charge on any atom is 0.154 e. The van der Waals surface area contributed by atoms with Crippen molar-refractivity contribution < 1.29 is 13.2 Å². The van der Waals surface area contributed by atoms with Crippen LogP contribution < -0.4 is 5.73 Å². The molecule has 1 aliphatic carbocycles. The lowest BCUT2D eigenvalue weighted by Gasteiger charge is -2.15. The molecular formula is C14H18BrNO3S2. The molecule has 0 heterocycles. The van der Waals surface area contributed by atoms with Crippen LogP contribution in [0.4, 0.5) is 0 Å². The van der Waals surface area contributed by atoms with Gasteiger partial charge in [-0.1, -0.05) is 47.2 Å². The van der Waals surface area contributed by atoms with Crippen LogP contribution in [0.2, 0.25) is 0 Å². The van der Waals surface area contributed by atoms with Crippen LogP contribution in [0, 0.1) is 5.41 Å². The summed E-state index contributed by atoms with van der Waals surface area (Å²) in [5.74, 6) is -0.174. The number of methoxy groups -OCH3 is 1. The van der Waals surface area contributed by atoms with Crippen molar-refractivity contribution in [3.63, 3.8) is 0 Å². The number of hydrogen-bond acceptors (Lipinski definition) is 4. The highest BCUT2D eigenvalue weighted by Crippen LogP contribution is 2.63. The summed E-state index contributed by atoms with van der Waals surface area (Å²) in [6, 6.07) is 7.59. The van der Waals surface area contributed by atoms with E-state index in [0.717, 1.165) is 10.0 Å². The molecule has 116 valence electrons. The van der Waals surface area contributed by atoms with Gasteiger partial charge in [0, 0.05) is 23.3 Å². The topological polar surface area (TPSA) is 69.4 Å². The van der Waals surface area contributed by atoms with Gasteiger partial charge in [0.1, 0.15) is 0 Å². The molecular weight excluding hydrogens is 374 g/mol. The maximum atomic E-state index is 12.4. The third kappa shape index (κ3) is 2.76. The lowest BCUT2D eigenvalue weighted by atomic mass is 10.00. The van der Waals surface area contributed by atoms with Crippen LogP contribution in [0.3, 0.4) is 0 Å². The molecule has 1 fully saturated rings. The van der Waals surface area contributed by atoms with Gasteiger partial charge in [-0.05, 0) is 17.7 Å². The fourth-order valence-electron chi connectivity index (χ4n) is 3.03. The summed E-state index contributed by atoms with van der Waals surface area (Å²) in [7, 11) is -1.73. The molecule has 1 aromatic rings. The highest BCUT2D eigenvalue weighted by Gasteiger charge is 2.72. The van der Waals surface area contributed by atoms with Gasteiger partial charge in [0.05, 0.1) is 22.3 Å². The van der Waals surface area contributed by atoms with E-state index in [1.54, 1.807) is 6.92 Å². The van der Waals surface area contributed by atoms with Gasteiger partial charge in [0.15, 0.2) is 9.84 Å². The number of nitrogens with two attached hydrogens (primary N) is 1. The Labute approximate surface area is 139 Å². The number of benzene rings is 1. The molecule has 2 N–H and O–H groups in total. The van der Waals surface area contributed by atoms with E-state index in [0.29, 0.717) is 0 Å². The van der Waals surface area contributed by atoms with E-state index in [4.69, 9.17) is 22.7 Å². The van der Waals surface area contributed by atoms with Crippen LogP contribution in [0.15, 0.2) is 28.7 Å². The largest absolute Gasteiger partial charge is 0.393 e. The molecule has 0 unspecified atom stereocenters. The first-order valence-electron chi connectivity index (χ1n) is 6.57. The summed E-state index contributed by atoms with van der Waals surface area (Å²) in [6.07, 6.45) is 0. The van der Waals surface area contributed by atoms with Crippen LogP contribution >= 0.6 is 28.1 Å². The number of thiocarbonyl (C=S) groups is 1. The van der Waals surface area contributed by atoms with Crippen LogP contribution in [0.25, 0.3) is 0 Å². The van der Waals surface area contributed by atoms with Gasteiger partial charge in [-0.3, -0.25) is 0 Å². The Balaban J connectivity index is 2.51. The summed E-state index contributed by atoms with van der Waals surface area (Å²) in [6.45, 7) is 1.86. The van der Waals surface area contributed by atoms with Crippen LogP contribution in [-0.4, -0.2) is 38.1 Å². The van der Waals surface area contributed by atoms with E-state index >= 15 is 0 Å². The zero-order valence-electron chi connectivity index (χ0n) is 11.9. The van der Waals surface area contributed by atoms with E-state index < -0.39 is 20.5 Å². The second kappa shape index (κ2) is 5.95. The Kier molecular flexibility index (Phi) is 4.78. The monoisotopic (exact) mass is 391 g/mol. The maximum absolute atomic E-state index is 12.4. The lowest BCUT2D eigenvalue weighted by molar-refractivity contribution is 0.166. The van der Waals surface area contributed by atoms with E-state index in [1.165, 1.54) is 7.11 Å². The summed E-state index contributed by atoms with van der Waals surface area (Å²) >= 11 is 8.56. The molecule has 0 amide bonds. The smallest absolute Gasteiger partial charge is 0.154 e. The van der Waals surface area contributed by atoms with Crippen LogP contribution in [0.5, 0.6) is 0 Å². The number of rotatable bonds is 6. The van der Waals surface area contributed by atoms with Crippen molar-refractivity contribution in [1.82, 2.24) is 0 Å². The van der Waals surface area contributed by atoms with Crippen LogP contribution in [-0.2, 0) is 14.6 Å². The molecule has 2 rings (SSSR count). The lowest BCUT2D eigenvalue weighted by Crippen LogP contribution is -2.33. The molecule has 0 bridgehead atoms. The Morgan fingerprint density at radius 3 is 2.43 bits per heavy atom. The molecule has 1 aromatic carbocycles. The molecule has 0 spiro atoms. The van der Waals surface area contributed by atoms with Gasteiger partial charge in [-0.25, -0.2) is 8.42 Å². The number of ether oxygens (including phenoxy) is 1. The first-order valence-corrected chi connectivity index (χ1v) is 9.48. The average molecular weight is 392 g/mol. The first kappa shape index (κ1) is 16.9. The average Bonchev–Trinajstić information content (AvgIpc) is 3.11. The van der Waals surface area contributed by atoms with Gasteiger partial charge >= 0.3 is 0 Å². The highest BCUT2D eigenvalue weighted by atomic mass is 79.9. The van der Waals surface area contributed by atoms with Crippen molar-refractivity contribution in [3.8, 4) is 0 Å². The minimum Gasteiger partial charge on any atom is -0.393 e. The second-order valence-electron chi connectivity index (χ2n) is 5.24. The van der Waals surface area contributed by atoms with Gasteiger partial charge < -0.3 is 10.5 Å². The Bertz CT molecular complexity index is 645. The SMILES string of the molecule is CCS(=O)(=O)[C@@H]1[C@@H](c2ccc(Br)cc2)[C@@]1(COC)C(N)=S. The van der Waals surface area contributed by atoms with Crippen molar-refractivity contribution in [1.29, 1.82) is 0 Å². The van der Waals surface area contributed by atoms with Crippen molar-refractivity contribution >= 4 is 43.0 Å². The van der Waals surface area contributed by atoms with Crippen molar-refractivity contribution in [2.45, 2.75) is 18.1 Å². The molecule has 4 nitrogen and oxygen atoms in total. The summed E-state index contributed by atoms with van der Waals surface area (Å²) < 4.78 is 31.0. The van der Waals surface area contributed by atoms with Gasteiger partial charge in [0.25, 0.3) is 0 Å². The molecule has 1 aliphatic rings. The fourth-order valence-corrected chi connectivity index (χ4v) is 5.76. The van der Waals surface area contributed by atoms with Crippen molar-refractivity contribution in [2.24, 2.45) is 11.1 Å². The molecule has 0 aliphatic heterocycles. The van der Waals surface area contributed by atoms with Gasteiger partial charge in [-0.2, -0.15) is 0 Å². The fraction of sp³-hybridized carbons (Fsp3) is 0.500. The standard InChI is InChI=1S/C14H18BrNO3S2/c1-3-21(17,18)12-11(9-4-6-10(15)7-5-9)14(12,8-19-2)13(16)20/h4-7,11-12H,3,8H2,1-2H3,(H2,16,20)/t11-,12-,14-/m1/s1. The van der Waals surface area contributed by atoms with Gasteiger partial charge in [-0.15, -0.1) is 0 Å². The molecule has 0 saturated heterocycles. The number of halogens is 1. The van der Waals surface area contributed by atoms with Gasteiger partial charge in [0.2, 0.25) is 0 Å². The third-order valence-corrected chi connectivity index (χ3v) is 7.30. The summed E-state index contributed by atoms with van der Waals surface area (Å²) in [4.78, 5) is 0.208. The second-order valence-corrected chi connectivity index (χ2v) is 9.01. The number of hydrogen-bond donors (Lipinski definition) is 1. The van der Waals surface area contributed by atoms with E-state index in [-0.39, 0.29) is 23.3 Å². The van der Waals surface area contributed by atoms with E-state index in [1.807, 2.05) is 24.3 Å². The first-order chi connectivity index (χ1) is 9.81. The van der Waals surface area contributed by atoms with E-state index in [2.05, 4.69) is 15.9 Å². The van der Waals surface area contributed by atoms with Crippen molar-refractivity contribution in [2.75, 3.05) is 19.5 Å². The zero-order chi connectivity index (χ0) is 15.8. The Morgan fingerprint density at radius 2 is 2.00 bits per heavy atom. The predicted octanol–water partition coefficient (Wildman–Crippen LogP) is 2.27. The third-order valence-electron chi connectivity index (χ3n) is 4.12. The minimum atomic E-state index is -3.27. The quantitative estimate of drug-likeness (QED) is 0.753. The summed E-state index contributed by atoms with van der Waals surface area (Å²) in [5, 5.41) is -0.603.